The molecule has 2 atom stereocenters. The van der Waals surface area contributed by atoms with E-state index in [2.05, 4.69) is 10.6 Å². The summed E-state index contributed by atoms with van der Waals surface area (Å²) in [5, 5.41) is 5.53. The van der Waals surface area contributed by atoms with Crippen LogP contribution in [-0.4, -0.2) is 37.3 Å². The van der Waals surface area contributed by atoms with Crippen molar-refractivity contribution >= 4 is 30.9 Å². The van der Waals surface area contributed by atoms with Crippen molar-refractivity contribution in [2.24, 2.45) is 5.73 Å². The molecule has 12 heavy (non-hydrogen) atoms. The number of amides is 1. The summed E-state index contributed by atoms with van der Waals surface area (Å²) in [5.41, 5.74) is 5.42. The summed E-state index contributed by atoms with van der Waals surface area (Å²) in [6, 6.07) is 0.0143. The van der Waals surface area contributed by atoms with Crippen molar-refractivity contribution in [3.63, 3.8) is 0 Å². The fraction of sp³-hybridized carbons (Fsp3) is 0.667. The highest BCUT2D eigenvalue weighted by molar-refractivity contribution is 7.80. The standard InChI is InChI=1S/C6H10BN3OS/c7-6(11)10-4-1-3(2-8)9-5(4)12/h3-4H,1-2,8H2,(H,9,12)(H,10,11)/t3-,4-/m0/s1. The van der Waals surface area contributed by atoms with Gasteiger partial charge in [-0.15, -0.1) is 0 Å². The molecule has 2 radical (unpaired) electrons. The zero-order valence-corrected chi connectivity index (χ0v) is 7.36. The maximum atomic E-state index is 10.5. The van der Waals surface area contributed by atoms with Crippen molar-refractivity contribution < 1.29 is 4.79 Å². The Hall–Kier alpha value is -0.615. The molecule has 0 aromatic carbocycles. The highest BCUT2D eigenvalue weighted by Crippen LogP contribution is 2.07. The van der Waals surface area contributed by atoms with Gasteiger partial charge in [-0.05, 0) is 6.42 Å². The Bertz CT molecular complexity index is 211. The first-order valence-electron chi connectivity index (χ1n) is 3.70. The first-order valence-corrected chi connectivity index (χ1v) is 4.10. The van der Waals surface area contributed by atoms with Gasteiger partial charge in [0.2, 0.25) is 7.85 Å². The molecule has 0 aliphatic carbocycles. The van der Waals surface area contributed by atoms with Gasteiger partial charge in [-0.25, -0.2) is 0 Å². The van der Waals surface area contributed by atoms with Crippen LogP contribution in [0.2, 0.25) is 0 Å². The van der Waals surface area contributed by atoms with Crippen LogP contribution in [0.4, 0.5) is 4.79 Å². The molecule has 64 valence electrons. The van der Waals surface area contributed by atoms with Crippen molar-refractivity contribution in [2.45, 2.75) is 18.5 Å². The summed E-state index contributed by atoms with van der Waals surface area (Å²) >= 11 is 4.97. The molecule has 0 aromatic heterocycles. The average Bonchev–Trinajstić information content (AvgIpc) is 2.31. The Balaban J connectivity index is 2.46. The van der Waals surface area contributed by atoms with E-state index in [1.807, 2.05) is 0 Å². The predicted octanol–water partition coefficient (Wildman–Crippen LogP) is -1.12. The van der Waals surface area contributed by atoms with Gasteiger partial charge in [0.05, 0.1) is 11.0 Å². The van der Waals surface area contributed by atoms with E-state index in [4.69, 9.17) is 25.8 Å². The smallest absolute Gasteiger partial charge is 0.200 e. The Morgan fingerprint density at radius 2 is 2.58 bits per heavy atom. The molecule has 1 fully saturated rings. The van der Waals surface area contributed by atoms with Gasteiger partial charge in [0.25, 0.3) is 0 Å². The molecule has 4 nitrogen and oxygen atoms in total. The minimum absolute atomic E-state index is 0.147. The van der Waals surface area contributed by atoms with Crippen molar-refractivity contribution in [3.05, 3.63) is 0 Å². The molecule has 0 saturated carbocycles. The second-order valence-corrected chi connectivity index (χ2v) is 3.18. The maximum absolute atomic E-state index is 10.5. The van der Waals surface area contributed by atoms with Crippen molar-refractivity contribution in [3.8, 4) is 0 Å². The third-order valence-corrected chi connectivity index (χ3v) is 2.19. The van der Waals surface area contributed by atoms with Gasteiger partial charge in [-0.3, -0.25) is 4.79 Å². The minimum atomic E-state index is -0.554. The van der Waals surface area contributed by atoms with E-state index in [9.17, 15) is 4.79 Å². The van der Waals surface area contributed by atoms with Crippen LogP contribution in [0.5, 0.6) is 0 Å². The number of hydrogen-bond donors (Lipinski definition) is 3. The number of thiocarbonyl (C=S) groups is 1. The molecule has 6 heteroatoms. The number of carbonyl (C=O) groups is 1. The van der Waals surface area contributed by atoms with Gasteiger partial charge >= 0.3 is 0 Å². The highest BCUT2D eigenvalue weighted by Gasteiger charge is 2.27. The largest absolute Gasteiger partial charge is 0.374 e. The molecule has 0 unspecified atom stereocenters. The van der Waals surface area contributed by atoms with Crippen molar-refractivity contribution in [2.75, 3.05) is 6.54 Å². The molecule has 4 N–H and O–H groups in total. The fourth-order valence-corrected chi connectivity index (χ4v) is 1.53. The van der Waals surface area contributed by atoms with Gasteiger partial charge < -0.3 is 16.4 Å². The summed E-state index contributed by atoms with van der Waals surface area (Å²) in [5.74, 6) is -0.554. The molecular weight excluding hydrogens is 173 g/mol. The van der Waals surface area contributed by atoms with E-state index in [1.54, 1.807) is 0 Å². The zero-order chi connectivity index (χ0) is 9.14. The minimum Gasteiger partial charge on any atom is -0.374 e. The van der Waals surface area contributed by atoms with E-state index < -0.39 is 5.81 Å². The summed E-state index contributed by atoms with van der Waals surface area (Å²) in [4.78, 5) is 11.1. The summed E-state index contributed by atoms with van der Waals surface area (Å²) in [7, 11) is 4.95. The monoisotopic (exact) mass is 183 g/mol. The van der Waals surface area contributed by atoms with Gasteiger partial charge in [0, 0.05) is 12.6 Å². The lowest BCUT2D eigenvalue weighted by molar-refractivity contribution is 0.258. The Morgan fingerprint density at radius 1 is 1.92 bits per heavy atom. The van der Waals surface area contributed by atoms with E-state index in [0.717, 1.165) is 6.42 Å². The van der Waals surface area contributed by atoms with E-state index in [1.165, 1.54) is 0 Å². The third-order valence-electron chi connectivity index (χ3n) is 1.78. The maximum Gasteiger partial charge on any atom is 0.200 e. The van der Waals surface area contributed by atoms with Crippen LogP contribution in [0.1, 0.15) is 6.42 Å². The highest BCUT2D eigenvalue weighted by atomic mass is 32.1. The van der Waals surface area contributed by atoms with E-state index in [0.29, 0.717) is 11.5 Å². The van der Waals surface area contributed by atoms with Gasteiger partial charge in [0.15, 0.2) is 5.81 Å². The molecule has 1 saturated heterocycles. The Kier molecular flexibility index (Phi) is 3.05. The number of nitrogens with two attached hydrogens (primary N) is 1. The summed E-state index contributed by atoms with van der Waals surface area (Å²) < 4.78 is 0. The molecular formula is C6H10BN3OS. The van der Waals surface area contributed by atoms with Gasteiger partial charge in [-0.2, -0.15) is 0 Å². The van der Waals surface area contributed by atoms with Crippen LogP contribution in [0, 0.1) is 0 Å². The van der Waals surface area contributed by atoms with Crippen LogP contribution >= 0.6 is 12.2 Å². The molecule has 1 aliphatic rings. The average molecular weight is 183 g/mol. The van der Waals surface area contributed by atoms with E-state index in [-0.39, 0.29) is 12.1 Å². The van der Waals surface area contributed by atoms with Crippen molar-refractivity contribution in [1.82, 2.24) is 10.6 Å². The second-order valence-electron chi connectivity index (χ2n) is 2.74. The van der Waals surface area contributed by atoms with Crippen LogP contribution in [0.15, 0.2) is 0 Å². The van der Waals surface area contributed by atoms with Crippen LogP contribution in [0.25, 0.3) is 0 Å². The molecule has 0 aromatic rings. The Morgan fingerprint density at radius 3 is 3.00 bits per heavy atom. The summed E-state index contributed by atoms with van der Waals surface area (Å²) in [6.45, 7) is 0.511. The topological polar surface area (TPSA) is 67.2 Å². The van der Waals surface area contributed by atoms with Crippen LogP contribution in [-0.2, 0) is 0 Å². The molecule has 0 bridgehead atoms. The fourth-order valence-electron chi connectivity index (χ4n) is 1.20. The zero-order valence-electron chi connectivity index (χ0n) is 6.54. The van der Waals surface area contributed by atoms with Gasteiger partial charge in [-0.1, -0.05) is 12.2 Å². The number of nitrogens with one attached hydrogen (secondary N) is 2. The normalized spacial score (nSPS) is 28.2. The van der Waals surface area contributed by atoms with Crippen LogP contribution in [0.3, 0.4) is 0 Å². The number of carbonyl (C=O) groups excluding carboxylic acids is 1. The first kappa shape index (κ1) is 9.47. The lowest BCUT2D eigenvalue weighted by atomic mass is 10.1. The van der Waals surface area contributed by atoms with Gasteiger partial charge in [0.1, 0.15) is 0 Å². The third kappa shape index (κ3) is 2.18. The molecule has 1 rings (SSSR count). The SMILES string of the molecule is [B]C(=O)N[C@H]1C[C@@H](CN)NC1=S. The van der Waals surface area contributed by atoms with E-state index >= 15 is 0 Å². The molecule has 1 heterocycles. The lowest BCUT2D eigenvalue weighted by Crippen LogP contribution is -2.38. The second kappa shape index (κ2) is 3.86. The van der Waals surface area contributed by atoms with Crippen LogP contribution < -0.4 is 16.4 Å². The number of hydrogen-bond acceptors (Lipinski definition) is 3. The molecule has 0 spiro atoms. The lowest BCUT2D eigenvalue weighted by Gasteiger charge is -2.08. The predicted molar refractivity (Wildman–Crippen MR) is 51.3 cm³/mol. The summed E-state index contributed by atoms with van der Waals surface area (Å²) in [6.07, 6.45) is 0.721. The molecule has 1 aliphatic heterocycles. The van der Waals surface area contributed by atoms with Crippen molar-refractivity contribution in [1.29, 1.82) is 0 Å². The Labute approximate surface area is 77.7 Å². The quantitative estimate of drug-likeness (QED) is 0.374. The number of rotatable bonds is 2. The molecule has 1 amide bonds. The first-order chi connectivity index (χ1) is 5.63.